The second-order valence-electron chi connectivity index (χ2n) is 3.23. The highest BCUT2D eigenvalue weighted by Crippen LogP contribution is 2.30. The van der Waals surface area contributed by atoms with E-state index in [2.05, 4.69) is 13.5 Å². The molecule has 0 aromatic heterocycles. The molecule has 1 heteroatoms. The van der Waals surface area contributed by atoms with E-state index in [0.29, 0.717) is 11.8 Å². The molecular formula is C9H14O. The smallest absolute Gasteiger partial charge is 0.123 e. The molecule has 1 aliphatic rings. The fourth-order valence-corrected chi connectivity index (χ4v) is 1.48. The fraction of sp³-hybridized carbons (Fsp3) is 0.667. The quantitative estimate of drug-likeness (QED) is 0.401. The summed E-state index contributed by atoms with van der Waals surface area (Å²) in [5.41, 5.74) is 1.32. The highest BCUT2D eigenvalue weighted by molar-refractivity contribution is 5.54. The molecule has 1 nitrogen and oxygen atoms in total. The van der Waals surface area contributed by atoms with Gasteiger partial charge >= 0.3 is 0 Å². The van der Waals surface area contributed by atoms with Gasteiger partial charge in [0, 0.05) is 5.92 Å². The summed E-state index contributed by atoms with van der Waals surface area (Å²) in [5.74, 6) is 0.865. The first kappa shape index (κ1) is 7.52. The number of aldehydes is 1. The normalized spacial score (nSPS) is 33.9. The molecule has 10 heavy (non-hydrogen) atoms. The minimum Gasteiger partial charge on any atom is -0.303 e. The van der Waals surface area contributed by atoms with Gasteiger partial charge in [-0.25, -0.2) is 0 Å². The van der Waals surface area contributed by atoms with Crippen LogP contribution in [0.1, 0.15) is 26.2 Å². The van der Waals surface area contributed by atoms with Crippen molar-refractivity contribution >= 4 is 6.29 Å². The Labute approximate surface area is 62.1 Å². The topological polar surface area (TPSA) is 17.1 Å². The number of allylic oxidation sites excluding steroid dienone is 1. The Bertz CT molecular complexity index is 149. The van der Waals surface area contributed by atoms with Crippen molar-refractivity contribution in [2.75, 3.05) is 0 Å². The molecule has 0 heterocycles. The number of rotatable bonds is 1. The van der Waals surface area contributed by atoms with Crippen LogP contribution in [-0.4, -0.2) is 6.29 Å². The van der Waals surface area contributed by atoms with Crippen LogP contribution in [0.15, 0.2) is 12.2 Å². The third-order valence-electron chi connectivity index (χ3n) is 2.38. The van der Waals surface area contributed by atoms with Crippen LogP contribution in [0, 0.1) is 11.8 Å². The van der Waals surface area contributed by atoms with E-state index in [0.717, 1.165) is 25.5 Å². The molecule has 2 unspecified atom stereocenters. The maximum atomic E-state index is 10.4. The first-order chi connectivity index (χ1) is 4.74. The molecule has 2 atom stereocenters. The van der Waals surface area contributed by atoms with Gasteiger partial charge in [0.15, 0.2) is 0 Å². The van der Waals surface area contributed by atoms with E-state index in [-0.39, 0.29) is 0 Å². The molecular weight excluding hydrogens is 124 g/mol. The van der Waals surface area contributed by atoms with Crippen molar-refractivity contribution in [1.82, 2.24) is 0 Å². The zero-order valence-corrected chi connectivity index (χ0v) is 6.47. The summed E-state index contributed by atoms with van der Waals surface area (Å²) in [6.45, 7) is 6.10. The number of carbonyl (C=O) groups is 1. The van der Waals surface area contributed by atoms with Crippen LogP contribution in [-0.2, 0) is 4.79 Å². The zero-order chi connectivity index (χ0) is 7.56. The summed E-state index contributed by atoms with van der Waals surface area (Å²) in [4.78, 5) is 10.4. The maximum Gasteiger partial charge on any atom is 0.123 e. The molecule has 1 rings (SSSR count). The first-order valence-electron chi connectivity index (χ1n) is 3.87. The first-order valence-corrected chi connectivity index (χ1v) is 3.87. The summed E-state index contributed by atoms with van der Waals surface area (Å²) in [6.07, 6.45) is 4.17. The van der Waals surface area contributed by atoms with Gasteiger partial charge < -0.3 is 4.79 Å². The molecule has 56 valence electrons. The molecule has 0 N–H and O–H groups in total. The molecule has 0 saturated heterocycles. The van der Waals surface area contributed by atoms with Crippen molar-refractivity contribution in [3.63, 3.8) is 0 Å². The molecule has 1 saturated carbocycles. The Kier molecular flexibility index (Phi) is 2.25. The second-order valence-corrected chi connectivity index (χ2v) is 3.23. The minimum absolute atomic E-state index is 0.306. The lowest BCUT2D eigenvalue weighted by Gasteiger charge is -2.24. The summed E-state index contributed by atoms with van der Waals surface area (Å²) in [5, 5.41) is 0. The molecule has 1 fully saturated rings. The van der Waals surface area contributed by atoms with E-state index in [1.54, 1.807) is 0 Å². The highest BCUT2D eigenvalue weighted by Gasteiger charge is 2.20. The van der Waals surface area contributed by atoms with Crippen molar-refractivity contribution in [2.45, 2.75) is 26.2 Å². The predicted octanol–water partition coefficient (Wildman–Crippen LogP) is 2.18. The Morgan fingerprint density at radius 3 is 2.90 bits per heavy atom. The lowest BCUT2D eigenvalue weighted by Crippen LogP contribution is -2.15. The van der Waals surface area contributed by atoms with Crippen LogP contribution >= 0.6 is 0 Å². The van der Waals surface area contributed by atoms with Crippen molar-refractivity contribution in [2.24, 2.45) is 11.8 Å². The van der Waals surface area contributed by atoms with Gasteiger partial charge in [-0.3, -0.25) is 0 Å². The van der Waals surface area contributed by atoms with Crippen molar-refractivity contribution in [3.8, 4) is 0 Å². The average Bonchev–Trinajstić information content (AvgIpc) is 1.95. The van der Waals surface area contributed by atoms with Gasteiger partial charge in [0.2, 0.25) is 0 Å². The lowest BCUT2D eigenvalue weighted by molar-refractivity contribution is -0.111. The molecule has 0 aromatic rings. The van der Waals surface area contributed by atoms with Crippen LogP contribution in [0.25, 0.3) is 0 Å². The largest absolute Gasteiger partial charge is 0.303 e. The Balaban J connectivity index is 2.48. The summed E-state index contributed by atoms with van der Waals surface area (Å²) in [6, 6.07) is 0. The van der Waals surface area contributed by atoms with Crippen molar-refractivity contribution < 1.29 is 4.79 Å². The maximum absolute atomic E-state index is 10.4. The van der Waals surface area contributed by atoms with Gasteiger partial charge in [0.05, 0.1) is 0 Å². The zero-order valence-electron chi connectivity index (χ0n) is 6.47. The Morgan fingerprint density at radius 2 is 2.40 bits per heavy atom. The summed E-state index contributed by atoms with van der Waals surface area (Å²) < 4.78 is 0. The van der Waals surface area contributed by atoms with E-state index in [1.165, 1.54) is 5.57 Å². The third kappa shape index (κ3) is 1.47. The van der Waals surface area contributed by atoms with Crippen LogP contribution in [0.2, 0.25) is 0 Å². The summed E-state index contributed by atoms with van der Waals surface area (Å²) in [7, 11) is 0. The van der Waals surface area contributed by atoms with Gasteiger partial charge in [-0.15, -0.1) is 0 Å². The van der Waals surface area contributed by atoms with Crippen LogP contribution in [0.4, 0.5) is 0 Å². The predicted molar refractivity (Wildman–Crippen MR) is 41.7 cm³/mol. The Hall–Kier alpha value is -0.590. The molecule has 0 aliphatic heterocycles. The van der Waals surface area contributed by atoms with Gasteiger partial charge in [-0.1, -0.05) is 19.1 Å². The minimum atomic E-state index is 0.306. The van der Waals surface area contributed by atoms with Gasteiger partial charge in [0.25, 0.3) is 0 Å². The molecule has 0 aromatic carbocycles. The molecule has 0 amide bonds. The second kappa shape index (κ2) is 3.00. The average molecular weight is 138 g/mol. The Morgan fingerprint density at radius 1 is 1.70 bits per heavy atom. The molecule has 0 radical (unpaired) electrons. The van der Waals surface area contributed by atoms with E-state index in [9.17, 15) is 4.79 Å². The standard InChI is InChI=1S/C9H14O/c1-7-3-4-9(6-10)5-8(7)2/h6,8-9H,1,3-5H2,2H3. The van der Waals surface area contributed by atoms with Gasteiger partial charge in [0.1, 0.15) is 6.29 Å². The van der Waals surface area contributed by atoms with Crippen molar-refractivity contribution in [1.29, 1.82) is 0 Å². The van der Waals surface area contributed by atoms with Crippen molar-refractivity contribution in [3.05, 3.63) is 12.2 Å². The number of hydrogen-bond donors (Lipinski definition) is 0. The van der Waals surface area contributed by atoms with Crippen LogP contribution in [0.5, 0.6) is 0 Å². The van der Waals surface area contributed by atoms with Crippen LogP contribution < -0.4 is 0 Å². The molecule has 1 aliphatic carbocycles. The third-order valence-corrected chi connectivity index (χ3v) is 2.38. The number of hydrogen-bond acceptors (Lipinski definition) is 1. The van der Waals surface area contributed by atoms with Gasteiger partial charge in [-0.2, -0.15) is 0 Å². The monoisotopic (exact) mass is 138 g/mol. The van der Waals surface area contributed by atoms with E-state index >= 15 is 0 Å². The molecule has 0 spiro atoms. The fourth-order valence-electron chi connectivity index (χ4n) is 1.48. The van der Waals surface area contributed by atoms with Gasteiger partial charge in [-0.05, 0) is 25.2 Å². The SMILES string of the molecule is C=C1CCC(C=O)CC1C. The van der Waals surface area contributed by atoms with E-state index in [4.69, 9.17) is 0 Å². The van der Waals surface area contributed by atoms with E-state index in [1.807, 2.05) is 0 Å². The highest BCUT2D eigenvalue weighted by atomic mass is 16.1. The molecule has 0 bridgehead atoms. The lowest BCUT2D eigenvalue weighted by atomic mass is 9.80. The summed E-state index contributed by atoms with van der Waals surface area (Å²) >= 11 is 0. The number of carbonyl (C=O) groups excluding carboxylic acids is 1. The van der Waals surface area contributed by atoms with E-state index < -0.39 is 0 Å². The van der Waals surface area contributed by atoms with Crippen LogP contribution in [0.3, 0.4) is 0 Å².